The molecule has 2 aliphatic rings. The average Bonchev–Trinajstić information content (AvgIpc) is 2.73. The second-order valence-corrected chi connectivity index (χ2v) is 5.26. The van der Waals surface area contributed by atoms with Crippen molar-refractivity contribution in [3.63, 3.8) is 0 Å². The third-order valence-electron chi connectivity index (χ3n) is 3.87. The average molecular weight is 247 g/mol. The predicted molar refractivity (Wildman–Crippen MR) is 58.8 cm³/mol. The fourth-order valence-electron chi connectivity index (χ4n) is 2.72. The summed E-state index contributed by atoms with van der Waals surface area (Å²) in [5, 5.41) is 3.15. The minimum Gasteiger partial charge on any atom is -0.456 e. The Hall–Kier alpha value is -0.710. The van der Waals surface area contributed by atoms with Crippen molar-refractivity contribution < 1.29 is 18.3 Å². The van der Waals surface area contributed by atoms with Gasteiger partial charge in [0.2, 0.25) is 0 Å². The third-order valence-corrected chi connectivity index (χ3v) is 3.87. The highest BCUT2D eigenvalue weighted by molar-refractivity contribution is 5.79. The summed E-state index contributed by atoms with van der Waals surface area (Å²) in [6.07, 6.45) is 2.55. The molecule has 2 fully saturated rings. The van der Waals surface area contributed by atoms with Gasteiger partial charge in [-0.3, -0.25) is 0 Å². The van der Waals surface area contributed by atoms with Crippen molar-refractivity contribution in [1.82, 2.24) is 5.32 Å². The molecule has 3 unspecified atom stereocenters. The van der Waals surface area contributed by atoms with Crippen LogP contribution in [0.5, 0.6) is 0 Å². The molecular weight excluding hydrogens is 228 g/mol. The van der Waals surface area contributed by atoms with Crippen LogP contribution in [0.2, 0.25) is 0 Å². The van der Waals surface area contributed by atoms with E-state index in [-0.39, 0.29) is 0 Å². The van der Waals surface area contributed by atoms with Gasteiger partial charge in [0.05, 0.1) is 6.42 Å². The molecule has 0 aromatic heterocycles. The van der Waals surface area contributed by atoms with E-state index in [0.717, 1.165) is 6.54 Å². The van der Waals surface area contributed by atoms with Gasteiger partial charge >= 0.3 is 11.9 Å². The quantitative estimate of drug-likeness (QED) is 0.772. The van der Waals surface area contributed by atoms with E-state index in [1.807, 2.05) is 0 Å². The number of rotatable bonds is 4. The lowest BCUT2D eigenvalue weighted by Crippen LogP contribution is -2.32. The predicted octanol–water partition coefficient (Wildman–Crippen LogP) is 1.96. The first kappa shape index (κ1) is 12.7. The van der Waals surface area contributed by atoms with Gasteiger partial charge in [0.15, 0.2) is 0 Å². The van der Waals surface area contributed by atoms with Crippen molar-refractivity contribution in [1.29, 1.82) is 0 Å². The molecule has 5 heteroatoms. The van der Waals surface area contributed by atoms with Gasteiger partial charge in [-0.25, -0.2) is 4.79 Å². The smallest absolute Gasteiger partial charge is 0.377 e. The maximum atomic E-state index is 12.9. The number of hydrogen-bond acceptors (Lipinski definition) is 3. The number of ether oxygens (including phenoxy) is 1. The van der Waals surface area contributed by atoms with Crippen LogP contribution in [0.25, 0.3) is 0 Å². The Morgan fingerprint density at radius 1 is 1.41 bits per heavy atom. The molecule has 0 bridgehead atoms. The number of halogens is 2. The summed E-state index contributed by atoms with van der Waals surface area (Å²) in [7, 11) is 0. The lowest BCUT2D eigenvalue weighted by Gasteiger charge is -2.17. The largest absolute Gasteiger partial charge is 0.456 e. The van der Waals surface area contributed by atoms with Crippen molar-refractivity contribution in [3.8, 4) is 0 Å². The lowest BCUT2D eigenvalue weighted by atomic mass is 9.98. The molecule has 0 aromatic carbocycles. The molecular formula is C12H19F2NO2. The molecule has 0 amide bonds. The minimum atomic E-state index is -3.28. The second kappa shape index (κ2) is 4.88. The number of hydrogen-bond donors (Lipinski definition) is 1. The van der Waals surface area contributed by atoms with Crippen LogP contribution < -0.4 is 5.32 Å². The molecule has 3 nitrogen and oxygen atoms in total. The molecule has 0 spiro atoms. The van der Waals surface area contributed by atoms with Gasteiger partial charge < -0.3 is 10.1 Å². The van der Waals surface area contributed by atoms with Crippen LogP contribution in [0.4, 0.5) is 8.78 Å². The van der Waals surface area contributed by atoms with Crippen LogP contribution in [0.1, 0.15) is 32.6 Å². The number of cyclic esters (lactones) is 1. The molecule has 17 heavy (non-hydrogen) atoms. The molecule has 3 atom stereocenters. The number of carbonyl (C=O) groups excluding carboxylic acids is 1. The first-order valence-corrected chi connectivity index (χ1v) is 6.28. The van der Waals surface area contributed by atoms with E-state index < -0.39 is 24.4 Å². The van der Waals surface area contributed by atoms with Crippen LogP contribution in [0, 0.1) is 11.8 Å². The van der Waals surface area contributed by atoms with E-state index in [1.54, 1.807) is 0 Å². The minimum absolute atomic E-state index is 0.338. The maximum absolute atomic E-state index is 12.9. The van der Waals surface area contributed by atoms with Gasteiger partial charge in [0.1, 0.15) is 6.10 Å². The van der Waals surface area contributed by atoms with Gasteiger partial charge in [0.25, 0.3) is 0 Å². The molecule has 1 saturated heterocycles. The van der Waals surface area contributed by atoms with Crippen LogP contribution in [0.3, 0.4) is 0 Å². The van der Waals surface area contributed by atoms with Gasteiger partial charge in [-0.05, 0) is 24.8 Å². The molecule has 1 heterocycles. The molecule has 0 aromatic rings. The van der Waals surface area contributed by atoms with E-state index in [9.17, 15) is 13.6 Å². The molecule has 1 N–H and O–H groups in total. The zero-order chi connectivity index (χ0) is 12.5. The second-order valence-electron chi connectivity index (χ2n) is 5.26. The van der Waals surface area contributed by atoms with E-state index in [4.69, 9.17) is 0 Å². The lowest BCUT2D eigenvalue weighted by molar-refractivity contribution is -0.159. The number of carbonyl (C=O) groups is 1. The van der Waals surface area contributed by atoms with Crippen molar-refractivity contribution in [2.24, 2.45) is 11.8 Å². The molecule has 98 valence electrons. The Balaban J connectivity index is 1.68. The summed E-state index contributed by atoms with van der Waals surface area (Å²) in [6, 6.07) is 0. The summed E-state index contributed by atoms with van der Waals surface area (Å²) < 4.78 is 30.4. The highest BCUT2D eigenvalue weighted by Gasteiger charge is 2.50. The summed E-state index contributed by atoms with van der Waals surface area (Å²) in [5.74, 6) is -3.33. The van der Waals surface area contributed by atoms with Crippen molar-refractivity contribution in [2.45, 2.75) is 44.6 Å². The van der Waals surface area contributed by atoms with Gasteiger partial charge in [-0.15, -0.1) is 0 Å². The Bertz CT molecular complexity index is 296. The topological polar surface area (TPSA) is 38.3 Å². The molecule has 1 aliphatic heterocycles. The number of nitrogens with one attached hydrogen (secondary N) is 1. The van der Waals surface area contributed by atoms with E-state index in [0.29, 0.717) is 18.4 Å². The van der Waals surface area contributed by atoms with Gasteiger partial charge in [-0.1, -0.05) is 19.8 Å². The van der Waals surface area contributed by atoms with Crippen LogP contribution in [-0.4, -0.2) is 31.1 Å². The highest BCUT2D eigenvalue weighted by atomic mass is 19.3. The van der Waals surface area contributed by atoms with E-state index >= 15 is 0 Å². The molecule has 0 radical (unpaired) electrons. The van der Waals surface area contributed by atoms with Gasteiger partial charge in [0, 0.05) is 6.54 Å². The Labute approximate surface area is 99.9 Å². The first-order chi connectivity index (χ1) is 7.99. The summed E-state index contributed by atoms with van der Waals surface area (Å²) in [4.78, 5) is 10.8. The molecule has 1 aliphatic carbocycles. The highest BCUT2D eigenvalue weighted by Crippen LogP contribution is 2.32. The maximum Gasteiger partial charge on any atom is 0.377 e. The Morgan fingerprint density at radius 3 is 2.71 bits per heavy atom. The number of esters is 1. The Kier molecular flexibility index (Phi) is 3.66. The first-order valence-electron chi connectivity index (χ1n) is 6.28. The van der Waals surface area contributed by atoms with Gasteiger partial charge in [-0.2, -0.15) is 8.78 Å². The van der Waals surface area contributed by atoms with Crippen molar-refractivity contribution >= 4 is 5.97 Å². The van der Waals surface area contributed by atoms with Crippen molar-refractivity contribution in [2.75, 3.05) is 13.1 Å². The van der Waals surface area contributed by atoms with Crippen LogP contribution >= 0.6 is 0 Å². The normalized spacial score (nSPS) is 36.2. The van der Waals surface area contributed by atoms with Crippen LogP contribution in [-0.2, 0) is 9.53 Å². The van der Waals surface area contributed by atoms with E-state index in [1.165, 1.54) is 19.3 Å². The fraction of sp³-hybridized carbons (Fsp3) is 0.917. The SMILES string of the molecule is CC1CCCC1CNCC1CC(F)(F)C(=O)O1. The number of alkyl halides is 2. The molecule has 2 rings (SSSR count). The standard InChI is InChI=1S/C12H19F2NO2/c1-8-3-2-4-9(8)6-15-7-10-5-12(13,14)11(16)17-10/h8-10,15H,2-7H2,1H3. The van der Waals surface area contributed by atoms with Crippen LogP contribution in [0.15, 0.2) is 0 Å². The zero-order valence-corrected chi connectivity index (χ0v) is 10.0. The summed E-state index contributed by atoms with van der Waals surface area (Å²) >= 11 is 0. The zero-order valence-electron chi connectivity index (χ0n) is 10.0. The molecule has 1 saturated carbocycles. The fourth-order valence-corrected chi connectivity index (χ4v) is 2.72. The van der Waals surface area contributed by atoms with Crippen molar-refractivity contribution in [3.05, 3.63) is 0 Å². The third kappa shape index (κ3) is 2.94. The summed E-state index contributed by atoms with van der Waals surface area (Å²) in [5.41, 5.74) is 0. The summed E-state index contributed by atoms with van der Waals surface area (Å²) in [6.45, 7) is 3.40. The monoisotopic (exact) mass is 247 g/mol. The van der Waals surface area contributed by atoms with E-state index in [2.05, 4.69) is 17.0 Å². The Morgan fingerprint density at radius 2 is 2.18 bits per heavy atom.